The van der Waals surface area contributed by atoms with Gasteiger partial charge >= 0.3 is 0 Å². The lowest BCUT2D eigenvalue weighted by Gasteiger charge is -2.19. The van der Waals surface area contributed by atoms with Crippen molar-refractivity contribution in [1.82, 2.24) is 9.97 Å². The average Bonchev–Trinajstić information content (AvgIpc) is 2.46. The van der Waals surface area contributed by atoms with Gasteiger partial charge in [0.2, 0.25) is 5.95 Å². The molecule has 4 heteroatoms. The molecule has 0 saturated heterocycles. The van der Waals surface area contributed by atoms with Gasteiger partial charge in [-0.15, -0.1) is 0 Å². The summed E-state index contributed by atoms with van der Waals surface area (Å²) in [5.74, 6) is 0.702. The van der Waals surface area contributed by atoms with E-state index in [9.17, 15) is 0 Å². The van der Waals surface area contributed by atoms with Crippen molar-refractivity contribution in [3.63, 3.8) is 0 Å². The second kappa shape index (κ2) is 6.73. The molecule has 0 fully saturated rings. The molecule has 0 amide bonds. The highest BCUT2D eigenvalue weighted by Gasteiger charge is 1.99. The van der Waals surface area contributed by atoms with E-state index in [2.05, 4.69) is 51.5 Å². The molecular formula is C15H20N4. The van der Waals surface area contributed by atoms with Crippen LogP contribution in [0.3, 0.4) is 0 Å². The summed E-state index contributed by atoms with van der Waals surface area (Å²) in [6, 6.07) is 10.4. The first-order valence-corrected chi connectivity index (χ1v) is 6.54. The van der Waals surface area contributed by atoms with E-state index in [1.165, 1.54) is 5.69 Å². The minimum Gasteiger partial charge on any atom is -0.375 e. The molecule has 0 saturated carbocycles. The van der Waals surface area contributed by atoms with Crippen LogP contribution in [0.5, 0.6) is 0 Å². The maximum Gasteiger partial charge on any atom is 0.222 e. The number of nitrogens with one attached hydrogen (secondary N) is 1. The molecule has 0 radical (unpaired) electrons. The van der Waals surface area contributed by atoms with Gasteiger partial charge in [0, 0.05) is 38.2 Å². The monoisotopic (exact) mass is 256 g/mol. The van der Waals surface area contributed by atoms with Gasteiger partial charge in [-0.05, 0) is 31.0 Å². The van der Waals surface area contributed by atoms with Crippen LogP contribution in [-0.2, 0) is 0 Å². The molecule has 0 unspecified atom stereocenters. The first-order chi connectivity index (χ1) is 9.25. The Bertz CT molecular complexity index is 481. The van der Waals surface area contributed by atoms with E-state index in [1.807, 2.05) is 25.4 Å². The van der Waals surface area contributed by atoms with Crippen molar-refractivity contribution < 1.29 is 0 Å². The van der Waals surface area contributed by atoms with E-state index in [1.54, 1.807) is 0 Å². The van der Waals surface area contributed by atoms with E-state index in [0.29, 0.717) is 5.95 Å². The number of hydrogen-bond acceptors (Lipinski definition) is 4. The smallest absolute Gasteiger partial charge is 0.222 e. The Morgan fingerprint density at radius 2 is 1.79 bits per heavy atom. The van der Waals surface area contributed by atoms with Crippen LogP contribution in [0, 0.1) is 6.92 Å². The highest BCUT2D eigenvalue weighted by Crippen LogP contribution is 2.10. The first kappa shape index (κ1) is 13.3. The van der Waals surface area contributed by atoms with Crippen molar-refractivity contribution in [2.75, 3.05) is 30.4 Å². The van der Waals surface area contributed by atoms with Crippen LogP contribution in [-0.4, -0.2) is 30.1 Å². The molecule has 1 aromatic carbocycles. The van der Waals surface area contributed by atoms with Gasteiger partial charge < -0.3 is 10.2 Å². The summed E-state index contributed by atoms with van der Waals surface area (Å²) < 4.78 is 0. The number of rotatable bonds is 6. The summed E-state index contributed by atoms with van der Waals surface area (Å²) in [4.78, 5) is 10.7. The Morgan fingerprint density at radius 3 is 2.47 bits per heavy atom. The highest BCUT2D eigenvalue weighted by molar-refractivity contribution is 5.44. The first-order valence-electron chi connectivity index (χ1n) is 6.54. The van der Waals surface area contributed by atoms with Crippen molar-refractivity contribution in [3.05, 3.63) is 48.3 Å². The lowest BCUT2D eigenvalue weighted by molar-refractivity contribution is 0.810. The van der Waals surface area contributed by atoms with Gasteiger partial charge in [-0.2, -0.15) is 0 Å². The number of anilines is 2. The standard InChI is InChI=1S/C15H20N4/c1-13-11-17-15(18-12-13)16-9-6-10-19(2)14-7-4-3-5-8-14/h3-5,7-8,11-12H,6,9-10H2,1-2H3,(H,16,17,18). The van der Waals surface area contributed by atoms with Gasteiger partial charge in [0.25, 0.3) is 0 Å². The van der Waals surface area contributed by atoms with Crippen LogP contribution in [0.2, 0.25) is 0 Å². The predicted molar refractivity (Wildman–Crippen MR) is 79.6 cm³/mol. The van der Waals surface area contributed by atoms with E-state index >= 15 is 0 Å². The molecule has 1 aromatic heterocycles. The number of nitrogens with zero attached hydrogens (tertiary/aromatic N) is 3. The highest BCUT2D eigenvalue weighted by atomic mass is 15.1. The van der Waals surface area contributed by atoms with Crippen LogP contribution in [0.15, 0.2) is 42.7 Å². The molecule has 4 nitrogen and oxygen atoms in total. The molecule has 0 aliphatic carbocycles. The summed E-state index contributed by atoms with van der Waals surface area (Å²) in [5.41, 5.74) is 2.32. The van der Waals surface area contributed by atoms with Gasteiger partial charge in [-0.3, -0.25) is 0 Å². The van der Waals surface area contributed by atoms with Crippen molar-refractivity contribution in [2.24, 2.45) is 0 Å². The Morgan fingerprint density at radius 1 is 1.11 bits per heavy atom. The van der Waals surface area contributed by atoms with E-state index in [4.69, 9.17) is 0 Å². The topological polar surface area (TPSA) is 41.1 Å². The molecule has 0 atom stereocenters. The minimum atomic E-state index is 0.702. The third kappa shape index (κ3) is 4.25. The maximum atomic E-state index is 4.22. The normalized spacial score (nSPS) is 10.2. The van der Waals surface area contributed by atoms with E-state index < -0.39 is 0 Å². The lowest BCUT2D eigenvalue weighted by Crippen LogP contribution is -2.21. The van der Waals surface area contributed by atoms with Crippen LogP contribution >= 0.6 is 0 Å². The third-order valence-electron chi connectivity index (χ3n) is 2.93. The number of aromatic nitrogens is 2. The van der Waals surface area contributed by atoms with Gasteiger partial charge in [0.1, 0.15) is 0 Å². The van der Waals surface area contributed by atoms with Gasteiger partial charge in [0.15, 0.2) is 0 Å². The van der Waals surface area contributed by atoms with Crippen molar-refractivity contribution in [1.29, 1.82) is 0 Å². The Labute approximate surface area is 114 Å². The average molecular weight is 256 g/mol. The molecule has 1 N–H and O–H groups in total. The summed E-state index contributed by atoms with van der Waals surface area (Å²) in [6.45, 7) is 3.86. The molecule has 1 heterocycles. The Kier molecular flexibility index (Phi) is 4.72. The lowest BCUT2D eigenvalue weighted by atomic mass is 10.3. The van der Waals surface area contributed by atoms with Gasteiger partial charge in [-0.25, -0.2) is 9.97 Å². The largest absolute Gasteiger partial charge is 0.375 e. The third-order valence-corrected chi connectivity index (χ3v) is 2.93. The Balaban J connectivity index is 1.71. The fourth-order valence-electron chi connectivity index (χ4n) is 1.81. The van der Waals surface area contributed by atoms with Crippen LogP contribution in [0.1, 0.15) is 12.0 Å². The van der Waals surface area contributed by atoms with Crippen LogP contribution in [0.4, 0.5) is 11.6 Å². The molecule has 0 aliphatic heterocycles. The summed E-state index contributed by atoms with van der Waals surface area (Å²) in [5, 5.41) is 3.23. The fourth-order valence-corrected chi connectivity index (χ4v) is 1.81. The molecule has 100 valence electrons. The van der Waals surface area contributed by atoms with Crippen LogP contribution < -0.4 is 10.2 Å². The molecule has 2 rings (SSSR count). The predicted octanol–water partition coefficient (Wildman–Crippen LogP) is 2.72. The molecule has 0 aliphatic rings. The quantitative estimate of drug-likeness (QED) is 0.807. The van der Waals surface area contributed by atoms with Gasteiger partial charge in [-0.1, -0.05) is 18.2 Å². The Hall–Kier alpha value is -2.10. The zero-order chi connectivity index (χ0) is 13.5. The van der Waals surface area contributed by atoms with Crippen molar-refractivity contribution >= 4 is 11.6 Å². The van der Waals surface area contributed by atoms with Crippen LogP contribution in [0.25, 0.3) is 0 Å². The number of benzene rings is 1. The van der Waals surface area contributed by atoms with Gasteiger partial charge in [0.05, 0.1) is 0 Å². The molecule has 0 bridgehead atoms. The second-order valence-corrected chi connectivity index (χ2v) is 4.62. The fraction of sp³-hybridized carbons (Fsp3) is 0.333. The van der Waals surface area contributed by atoms with Crippen molar-refractivity contribution in [2.45, 2.75) is 13.3 Å². The minimum absolute atomic E-state index is 0.702. The zero-order valence-corrected chi connectivity index (χ0v) is 11.5. The summed E-state index contributed by atoms with van der Waals surface area (Å²) >= 11 is 0. The zero-order valence-electron chi connectivity index (χ0n) is 11.5. The molecular weight excluding hydrogens is 236 g/mol. The SMILES string of the molecule is Cc1cnc(NCCCN(C)c2ccccc2)nc1. The molecule has 19 heavy (non-hydrogen) atoms. The maximum absolute atomic E-state index is 4.22. The number of aryl methyl sites for hydroxylation is 1. The van der Waals surface area contributed by atoms with E-state index in [0.717, 1.165) is 25.1 Å². The molecule has 2 aromatic rings. The summed E-state index contributed by atoms with van der Waals surface area (Å²) in [6.07, 6.45) is 4.69. The number of hydrogen-bond donors (Lipinski definition) is 1. The molecule has 0 spiro atoms. The van der Waals surface area contributed by atoms with E-state index in [-0.39, 0.29) is 0 Å². The second-order valence-electron chi connectivity index (χ2n) is 4.62. The van der Waals surface area contributed by atoms with Crippen molar-refractivity contribution in [3.8, 4) is 0 Å². The summed E-state index contributed by atoms with van der Waals surface area (Å²) in [7, 11) is 2.11. The number of para-hydroxylation sites is 1.